The molecule has 0 aromatic rings. The van der Waals surface area contributed by atoms with Crippen LogP contribution in [-0.4, -0.2) is 28.6 Å². The molecular weight excluding hydrogens is 365 g/mol. The molecule has 28 heavy (non-hydrogen) atoms. The Morgan fingerprint density at radius 2 is 1.82 bits per heavy atom. The first-order valence-electron chi connectivity index (χ1n) is 11.6. The van der Waals surface area contributed by atoms with Gasteiger partial charge in [-0.2, -0.15) is 13.2 Å². The van der Waals surface area contributed by atoms with Crippen LogP contribution in [-0.2, 0) is 0 Å². The van der Waals surface area contributed by atoms with Crippen molar-refractivity contribution in [3.8, 4) is 0 Å². The topological polar surface area (TPSA) is 40.5 Å². The highest BCUT2D eigenvalue weighted by atomic mass is 19.4. The van der Waals surface area contributed by atoms with Crippen molar-refractivity contribution in [3.63, 3.8) is 0 Å². The first-order valence-corrected chi connectivity index (χ1v) is 11.6. The number of aliphatic hydroxyl groups is 2. The molecule has 3 rings (SSSR count). The molecule has 0 bridgehead atoms. The summed E-state index contributed by atoms with van der Waals surface area (Å²) in [6, 6.07) is 0. The minimum absolute atomic E-state index is 0.128. The number of fused-ring (bicyclic) bond motifs is 1. The van der Waals surface area contributed by atoms with Crippen molar-refractivity contribution < 1.29 is 23.4 Å². The number of rotatable bonds is 6. The average molecular weight is 405 g/mol. The highest BCUT2D eigenvalue weighted by Gasteiger charge is 2.49. The normalized spacial score (nSPS) is 43.0. The second-order valence-corrected chi connectivity index (χ2v) is 10.3. The van der Waals surface area contributed by atoms with Crippen LogP contribution in [0.15, 0.2) is 0 Å². The lowest BCUT2D eigenvalue weighted by atomic mass is 9.54. The molecule has 164 valence electrons. The molecule has 2 N–H and O–H groups in total. The minimum Gasteiger partial charge on any atom is -0.393 e. The van der Waals surface area contributed by atoms with Crippen LogP contribution in [0, 0.1) is 35.0 Å². The summed E-state index contributed by atoms with van der Waals surface area (Å²) in [4.78, 5) is 0. The molecule has 2 nitrogen and oxygen atoms in total. The molecule has 0 heterocycles. The fourth-order valence-electron chi connectivity index (χ4n) is 7.14. The number of aliphatic hydroxyl groups excluding tert-OH is 2. The second kappa shape index (κ2) is 8.83. The Hall–Kier alpha value is -0.290. The van der Waals surface area contributed by atoms with Crippen molar-refractivity contribution in [2.24, 2.45) is 35.0 Å². The van der Waals surface area contributed by atoms with Crippen molar-refractivity contribution in [1.82, 2.24) is 0 Å². The zero-order valence-corrected chi connectivity index (χ0v) is 17.6. The quantitative estimate of drug-likeness (QED) is 0.561. The maximum Gasteiger partial charge on any atom is 0.414 e. The van der Waals surface area contributed by atoms with E-state index in [1.807, 2.05) is 0 Å². The van der Waals surface area contributed by atoms with Crippen molar-refractivity contribution in [2.75, 3.05) is 0 Å². The van der Waals surface area contributed by atoms with Crippen LogP contribution >= 0.6 is 0 Å². The van der Waals surface area contributed by atoms with Gasteiger partial charge in [-0.15, -0.1) is 0 Å². The third-order valence-electron chi connectivity index (χ3n) is 8.92. The van der Waals surface area contributed by atoms with Gasteiger partial charge in [0.05, 0.1) is 6.10 Å². The molecular formula is C23H39F3O2. The summed E-state index contributed by atoms with van der Waals surface area (Å²) < 4.78 is 37.5. The third kappa shape index (κ3) is 4.71. The van der Waals surface area contributed by atoms with Gasteiger partial charge in [0.2, 0.25) is 0 Å². The Morgan fingerprint density at radius 3 is 2.50 bits per heavy atom. The molecule has 0 saturated heterocycles. The summed E-state index contributed by atoms with van der Waals surface area (Å²) >= 11 is 0. The van der Waals surface area contributed by atoms with E-state index >= 15 is 0 Å². The maximum atomic E-state index is 12.5. The predicted molar refractivity (Wildman–Crippen MR) is 105 cm³/mol. The first kappa shape index (κ1) is 22.4. The molecule has 0 aliphatic heterocycles. The van der Waals surface area contributed by atoms with Crippen molar-refractivity contribution in [1.29, 1.82) is 0 Å². The molecule has 3 saturated carbocycles. The van der Waals surface area contributed by atoms with Gasteiger partial charge in [-0.3, -0.25) is 0 Å². The van der Waals surface area contributed by atoms with Crippen LogP contribution in [0.4, 0.5) is 13.2 Å². The summed E-state index contributed by atoms with van der Waals surface area (Å²) in [5, 5.41) is 19.3. The average Bonchev–Trinajstić information content (AvgIpc) is 3.05. The number of hydrogen-bond acceptors (Lipinski definition) is 2. The van der Waals surface area contributed by atoms with Gasteiger partial charge in [0.25, 0.3) is 0 Å². The smallest absolute Gasteiger partial charge is 0.393 e. The van der Waals surface area contributed by atoms with E-state index < -0.39 is 12.3 Å². The van der Waals surface area contributed by atoms with Crippen molar-refractivity contribution in [2.45, 2.75) is 109 Å². The highest BCUT2D eigenvalue weighted by Crippen LogP contribution is 2.57. The van der Waals surface area contributed by atoms with Crippen molar-refractivity contribution in [3.05, 3.63) is 0 Å². The lowest BCUT2D eigenvalue weighted by molar-refractivity contribution is -0.205. The summed E-state index contributed by atoms with van der Waals surface area (Å²) in [7, 11) is 0. The summed E-state index contributed by atoms with van der Waals surface area (Å²) in [5.41, 5.74) is 0.341. The molecule has 3 aliphatic rings. The molecule has 0 aromatic heterocycles. The van der Waals surface area contributed by atoms with Gasteiger partial charge >= 0.3 is 6.18 Å². The van der Waals surface area contributed by atoms with E-state index in [0.29, 0.717) is 29.6 Å². The van der Waals surface area contributed by atoms with Crippen LogP contribution in [0.1, 0.15) is 90.9 Å². The molecule has 0 aromatic carbocycles. The predicted octanol–water partition coefficient (Wildman–Crippen LogP) is 6.10. The van der Waals surface area contributed by atoms with E-state index in [1.165, 1.54) is 25.7 Å². The van der Waals surface area contributed by atoms with Crippen molar-refractivity contribution >= 4 is 0 Å². The minimum atomic E-state index is -4.48. The van der Waals surface area contributed by atoms with Gasteiger partial charge in [0.15, 0.2) is 0 Å². The fraction of sp³-hybridized carbons (Fsp3) is 1.00. The molecule has 3 fully saturated rings. The van der Waals surface area contributed by atoms with Crippen LogP contribution in [0.5, 0.6) is 0 Å². The highest BCUT2D eigenvalue weighted by molar-refractivity contribution is 4.99. The van der Waals surface area contributed by atoms with Crippen LogP contribution in [0.3, 0.4) is 0 Å². The Bertz CT molecular complexity index is 509. The Morgan fingerprint density at radius 1 is 1.07 bits per heavy atom. The van der Waals surface area contributed by atoms with Gasteiger partial charge < -0.3 is 10.2 Å². The van der Waals surface area contributed by atoms with E-state index in [0.717, 1.165) is 50.4 Å². The second-order valence-electron chi connectivity index (χ2n) is 10.3. The molecule has 5 unspecified atom stereocenters. The van der Waals surface area contributed by atoms with Crippen LogP contribution in [0.2, 0.25) is 0 Å². The summed E-state index contributed by atoms with van der Waals surface area (Å²) in [5.74, 6) is 3.31. The lowest BCUT2D eigenvalue weighted by Gasteiger charge is -2.51. The monoisotopic (exact) mass is 404 g/mol. The molecule has 3 aliphatic carbocycles. The van der Waals surface area contributed by atoms with E-state index in [2.05, 4.69) is 13.8 Å². The largest absolute Gasteiger partial charge is 0.414 e. The van der Waals surface area contributed by atoms with Gasteiger partial charge in [-0.05, 0) is 92.8 Å². The van der Waals surface area contributed by atoms with Crippen LogP contribution in [0.25, 0.3) is 0 Å². The van der Waals surface area contributed by atoms with E-state index in [4.69, 9.17) is 0 Å². The molecule has 0 amide bonds. The lowest BCUT2D eigenvalue weighted by Crippen LogP contribution is -2.44. The standard InChI is InChI=1S/C23H39F3O2/c1-3-17-14-19(27)11-12-22(17,2)18-9-10-20-15(7-8-16(20)13-18)5-4-6-21(28)23(24,25)26/h15-21,27-28H,3-14H2,1-2H3/t15-,16?,17?,18?,19-,20?,21?,22-/m0/s1. The van der Waals surface area contributed by atoms with Crippen LogP contribution < -0.4 is 0 Å². The fourth-order valence-corrected chi connectivity index (χ4v) is 7.14. The zero-order chi connectivity index (χ0) is 20.5. The summed E-state index contributed by atoms with van der Waals surface area (Å²) in [6.45, 7) is 4.72. The SMILES string of the molecule is CCC1C[C@@H](O)CC[C@]1(C)C1CCC2C(CC[C@@H]2CCCC(O)C(F)(F)F)C1. The molecule has 0 spiro atoms. The third-order valence-corrected chi connectivity index (χ3v) is 8.92. The molecule has 0 radical (unpaired) electrons. The molecule has 8 atom stereocenters. The zero-order valence-electron chi connectivity index (χ0n) is 17.6. The number of hydrogen-bond donors (Lipinski definition) is 2. The number of alkyl halides is 3. The van der Waals surface area contributed by atoms with Gasteiger partial charge in [0, 0.05) is 0 Å². The van der Waals surface area contributed by atoms with E-state index in [9.17, 15) is 23.4 Å². The first-order chi connectivity index (χ1) is 13.1. The Kier molecular flexibility index (Phi) is 7.06. The Labute approximate surface area is 168 Å². The van der Waals surface area contributed by atoms with Gasteiger partial charge in [0.1, 0.15) is 6.10 Å². The maximum absolute atomic E-state index is 12.5. The van der Waals surface area contributed by atoms with Gasteiger partial charge in [-0.25, -0.2) is 0 Å². The summed E-state index contributed by atoms with van der Waals surface area (Å²) in [6.07, 6.45) is 4.65. The Balaban J connectivity index is 1.52. The molecule has 5 heteroatoms. The number of halogens is 3. The van der Waals surface area contributed by atoms with E-state index in [1.54, 1.807) is 0 Å². The van der Waals surface area contributed by atoms with Gasteiger partial charge in [-0.1, -0.05) is 33.1 Å². The van der Waals surface area contributed by atoms with E-state index in [-0.39, 0.29) is 12.5 Å².